The molecule has 3 aromatic rings. The van der Waals surface area contributed by atoms with Gasteiger partial charge in [-0.2, -0.15) is 5.10 Å². The van der Waals surface area contributed by atoms with E-state index >= 15 is 0 Å². The monoisotopic (exact) mass is 342 g/mol. The van der Waals surface area contributed by atoms with E-state index in [9.17, 15) is 0 Å². The number of aromatic nitrogens is 4. The van der Waals surface area contributed by atoms with E-state index in [0.29, 0.717) is 6.61 Å². The highest BCUT2D eigenvalue weighted by molar-refractivity contribution is 7.98. The predicted octanol–water partition coefficient (Wildman–Crippen LogP) is 3.62. The average Bonchev–Trinajstić information content (AvgIpc) is 3.22. The molecule has 24 heavy (non-hydrogen) atoms. The molecule has 0 spiro atoms. The maximum absolute atomic E-state index is 5.21. The summed E-state index contributed by atoms with van der Waals surface area (Å²) in [6.07, 6.45) is 3.73. The number of imidazole rings is 1. The van der Waals surface area contributed by atoms with Crippen molar-refractivity contribution in [1.82, 2.24) is 19.3 Å². The number of thioether (sulfide) groups is 1. The van der Waals surface area contributed by atoms with Gasteiger partial charge in [-0.3, -0.25) is 0 Å². The van der Waals surface area contributed by atoms with Crippen molar-refractivity contribution < 1.29 is 4.74 Å². The molecule has 0 radical (unpaired) electrons. The van der Waals surface area contributed by atoms with E-state index in [4.69, 9.17) is 9.72 Å². The minimum atomic E-state index is 0.697. The van der Waals surface area contributed by atoms with Gasteiger partial charge in [0.05, 0.1) is 18.0 Å². The Balaban J connectivity index is 1.68. The van der Waals surface area contributed by atoms with E-state index in [-0.39, 0.29) is 0 Å². The molecular formula is C18H22N4OS. The van der Waals surface area contributed by atoms with Crippen molar-refractivity contribution >= 4 is 11.8 Å². The molecule has 0 fully saturated rings. The molecule has 1 aromatic carbocycles. The molecule has 0 atom stereocenters. The van der Waals surface area contributed by atoms with E-state index in [1.165, 1.54) is 11.3 Å². The van der Waals surface area contributed by atoms with Crippen LogP contribution in [0.3, 0.4) is 0 Å². The van der Waals surface area contributed by atoms with Gasteiger partial charge in [-0.05, 0) is 37.6 Å². The lowest BCUT2D eigenvalue weighted by molar-refractivity contribution is 0.184. The van der Waals surface area contributed by atoms with Crippen molar-refractivity contribution in [1.29, 1.82) is 0 Å². The number of benzene rings is 1. The quantitative estimate of drug-likeness (QED) is 0.615. The third-order valence-electron chi connectivity index (χ3n) is 4.01. The molecule has 0 saturated heterocycles. The molecular weight excluding hydrogens is 320 g/mol. The minimum Gasteiger partial charge on any atom is -0.383 e. The molecule has 0 unspecified atom stereocenters. The van der Waals surface area contributed by atoms with Crippen molar-refractivity contribution in [2.24, 2.45) is 0 Å². The van der Waals surface area contributed by atoms with Gasteiger partial charge >= 0.3 is 0 Å². The fraction of sp³-hybridized carbons (Fsp3) is 0.333. The van der Waals surface area contributed by atoms with Crippen molar-refractivity contribution in [3.63, 3.8) is 0 Å². The van der Waals surface area contributed by atoms with Gasteiger partial charge in [0.25, 0.3) is 0 Å². The zero-order valence-electron chi connectivity index (χ0n) is 14.3. The predicted molar refractivity (Wildman–Crippen MR) is 96.7 cm³/mol. The zero-order valence-corrected chi connectivity index (χ0v) is 15.1. The molecule has 0 amide bonds. The Kier molecular flexibility index (Phi) is 5.37. The van der Waals surface area contributed by atoms with Crippen molar-refractivity contribution in [2.45, 2.75) is 31.3 Å². The van der Waals surface area contributed by atoms with Crippen LogP contribution in [0, 0.1) is 13.8 Å². The first kappa shape index (κ1) is 16.8. The van der Waals surface area contributed by atoms with E-state index in [1.807, 2.05) is 16.9 Å². The van der Waals surface area contributed by atoms with Gasteiger partial charge < -0.3 is 9.30 Å². The molecule has 126 valence electrons. The van der Waals surface area contributed by atoms with Crippen molar-refractivity contribution in [2.75, 3.05) is 13.7 Å². The van der Waals surface area contributed by atoms with Crippen molar-refractivity contribution in [3.05, 3.63) is 59.7 Å². The van der Waals surface area contributed by atoms with Crippen LogP contribution in [0.15, 0.2) is 47.9 Å². The van der Waals surface area contributed by atoms with Gasteiger partial charge in [-0.1, -0.05) is 23.9 Å². The topological polar surface area (TPSA) is 44.9 Å². The molecule has 0 bridgehead atoms. The second kappa shape index (κ2) is 7.68. The molecule has 2 heterocycles. The highest BCUT2D eigenvalue weighted by Crippen LogP contribution is 2.25. The summed E-state index contributed by atoms with van der Waals surface area (Å²) in [6.45, 7) is 5.70. The molecule has 6 heteroatoms. The highest BCUT2D eigenvalue weighted by atomic mass is 32.2. The fourth-order valence-corrected chi connectivity index (χ4v) is 3.57. The standard InChI is InChI=1S/C18H22N4OS/c1-14-15(2)21(11-12-23-3)18(20-14)24-13-16-5-7-17(8-6-16)22-10-4-9-19-22/h4-10H,11-13H2,1-3H3. The van der Waals surface area contributed by atoms with E-state index in [1.54, 1.807) is 25.1 Å². The fourth-order valence-electron chi connectivity index (χ4n) is 2.49. The Hall–Kier alpha value is -2.05. The first-order valence-electron chi connectivity index (χ1n) is 7.93. The summed E-state index contributed by atoms with van der Waals surface area (Å²) in [7, 11) is 1.73. The number of hydrogen-bond acceptors (Lipinski definition) is 4. The van der Waals surface area contributed by atoms with Gasteiger partial charge in [0.15, 0.2) is 5.16 Å². The van der Waals surface area contributed by atoms with Crippen LogP contribution in [0.5, 0.6) is 0 Å². The zero-order chi connectivity index (χ0) is 16.9. The molecule has 2 aromatic heterocycles. The van der Waals surface area contributed by atoms with Crippen LogP contribution in [0.1, 0.15) is 17.0 Å². The van der Waals surface area contributed by atoms with Crippen LogP contribution >= 0.6 is 11.8 Å². The van der Waals surface area contributed by atoms with Gasteiger partial charge in [0.2, 0.25) is 0 Å². The summed E-state index contributed by atoms with van der Waals surface area (Å²) in [5.74, 6) is 0.891. The highest BCUT2D eigenvalue weighted by Gasteiger charge is 2.11. The molecule has 3 rings (SSSR count). The summed E-state index contributed by atoms with van der Waals surface area (Å²) >= 11 is 1.76. The molecule has 0 aliphatic heterocycles. The summed E-state index contributed by atoms with van der Waals surface area (Å²) < 4.78 is 9.31. The number of methoxy groups -OCH3 is 1. The smallest absolute Gasteiger partial charge is 0.168 e. The van der Waals surface area contributed by atoms with E-state index in [2.05, 4.69) is 47.8 Å². The van der Waals surface area contributed by atoms with Crippen molar-refractivity contribution in [3.8, 4) is 5.69 Å². The Morgan fingerprint density at radius 1 is 1.17 bits per heavy atom. The molecule has 0 aliphatic rings. The SMILES string of the molecule is COCCn1c(SCc2ccc(-n3cccn3)cc2)nc(C)c1C. The molecule has 0 aliphatic carbocycles. The van der Waals surface area contributed by atoms with Gasteiger partial charge in [-0.15, -0.1) is 0 Å². The van der Waals surface area contributed by atoms with Crippen LogP contribution in [0.25, 0.3) is 5.69 Å². The Labute approximate surface area is 146 Å². The van der Waals surface area contributed by atoms with Gasteiger partial charge in [0, 0.05) is 37.5 Å². The number of nitrogens with zero attached hydrogens (tertiary/aromatic N) is 4. The maximum atomic E-state index is 5.21. The first-order chi connectivity index (χ1) is 11.7. The first-order valence-corrected chi connectivity index (χ1v) is 8.92. The molecule has 0 saturated carbocycles. The Bertz CT molecular complexity index is 778. The van der Waals surface area contributed by atoms with Crippen LogP contribution in [0.4, 0.5) is 0 Å². The van der Waals surface area contributed by atoms with Crippen LogP contribution in [-0.2, 0) is 17.0 Å². The lowest BCUT2D eigenvalue weighted by Crippen LogP contribution is -2.07. The Morgan fingerprint density at radius 3 is 2.62 bits per heavy atom. The summed E-state index contributed by atoms with van der Waals surface area (Å²) in [6, 6.07) is 10.4. The number of ether oxygens (including phenoxy) is 1. The van der Waals surface area contributed by atoms with Crippen LogP contribution < -0.4 is 0 Å². The number of aryl methyl sites for hydroxylation is 1. The maximum Gasteiger partial charge on any atom is 0.168 e. The van der Waals surface area contributed by atoms with E-state index in [0.717, 1.165) is 28.8 Å². The third-order valence-corrected chi connectivity index (χ3v) is 5.06. The largest absolute Gasteiger partial charge is 0.383 e. The normalized spacial score (nSPS) is 11.1. The molecule has 5 nitrogen and oxygen atoms in total. The number of hydrogen-bond donors (Lipinski definition) is 0. The summed E-state index contributed by atoms with van der Waals surface area (Å²) in [4.78, 5) is 4.69. The average molecular weight is 342 g/mol. The van der Waals surface area contributed by atoms with Gasteiger partial charge in [-0.25, -0.2) is 9.67 Å². The minimum absolute atomic E-state index is 0.697. The van der Waals surface area contributed by atoms with Crippen LogP contribution in [0.2, 0.25) is 0 Å². The Morgan fingerprint density at radius 2 is 1.96 bits per heavy atom. The second-order valence-corrected chi connectivity index (χ2v) is 6.56. The second-order valence-electron chi connectivity index (χ2n) is 5.62. The lowest BCUT2D eigenvalue weighted by atomic mass is 10.2. The third kappa shape index (κ3) is 3.71. The lowest BCUT2D eigenvalue weighted by Gasteiger charge is -2.09. The molecule has 0 N–H and O–H groups in total. The van der Waals surface area contributed by atoms with Crippen LogP contribution in [-0.4, -0.2) is 33.0 Å². The summed E-state index contributed by atoms with van der Waals surface area (Å²) in [5, 5.41) is 5.30. The summed E-state index contributed by atoms with van der Waals surface area (Å²) in [5.41, 5.74) is 4.64. The van der Waals surface area contributed by atoms with Gasteiger partial charge in [0.1, 0.15) is 0 Å². The van der Waals surface area contributed by atoms with E-state index < -0.39 is 0 Å². The number of rotatable bonds is 7.